The standard InChI is InChI=1S/C15H13Cl2N3/c1-9-3-8-13-15(18-9)20(14(19-13)10(2)16)12-6-4-11(17)5-7-12/h3-8,10H,1-2H3. The van der Waals surface area contributed by atoms with Gasteiger partial charge in [0.15, 0.2) is 5.65 Å². The number of alkyl halides is 1. The first-order valence-corrected chi connectivity index (χ1v) is 7.13. The molecule has 0 amide bonds. The van der Waals surface area contributed by atoms with Gasteiger partial charge in [0, 0.05) is 16.4 Å². The molecule has 1 atom stereocenters. The number of benzene rings is 1. The van der Waals surface area contributed by atoms with Gasteiger partial charge in [-0.2, -0.15) is 0 Å². The summed E-state index contributed by atoms with van der Waals surface area (Å²) in [6.45, 7) is 3.87. The third kappa shape index (κ3) is 2.28. The second-order valence-electron chi connectivity index (χ2n) is 4.69. The normalized spacial score (nSPS) is 12.8. The number of rotatable bonds is 2. The fourth-order valence-electron chi connectivity index (χ4n) is 2.18. The maximum atomic E-state index is 6.26. The fraction of sp³-hybridized carbons (Fsp3) is 0.200. The van der Waals surface area contributed by atoms with Gasteiger partial charge in [0.25, 0.3) is 0 Å². The van der Waals surface area contributed by atoms with Crippen molar-refractivity contribution in [3.05, 3.63) is 52.9 Å². The van der Waals surface area contributed by atoms with Crippen LogP contribution in [0.15, 0.2) is 36.4 Å². The number of nitrogens with zero attached hydrogens (tertiary/aromatic N) is 3. The Labute approximate surface area is 127 Å². The second kappa shape index (κ2) is 5.08. The van der Waals surface area contributed by atoms with Crippen LogP contribution < -0.4 is 0 Å². The average molecular weight is 306 g/mol. The van der Waals surface area contributed by atoms with Crippen molar-refractivity contribution in [3.8, 4) is 5.69 Å². The molecule has 2 heterocycles. The van der Waals surface area contributed by atoms with E-state index in [1.54, 1.807) is 0 Å². The zero-order valence-corrected chi connectivity index (χ0v) is 12.7. The quantitative estimate of drug-likeness (QED) is 0.643. The van der Waals surface area contributed by atoms with Crippen LogP contribution in [0.25, 0.3) is 16.9 Å². The van der Waals surface area contributed by atoms with Crippen LogP contribution in [-0.2, 0) is 0 Å². The van der Waals surface area contributed by atoms with Crippen molar-refractivity contribution in [2.75, 3.05) is 0 Å². The number of aryl methyl sites for hydroxylation is 1. The van der Waals surface area contributed by atoms with Gasteiger partial charge in [0.2, 0.25) is 0 Å². The Hall–Kier alpha value is -1.58. The number of halogens is 2. The molecule has 0 aliphatic rings. The van der Waals surface area contributed by atoms with Gasteiger partial charge in [-0.3, -0.25) is 4.57 Å². The molecular formula is C15H13Cl2N3. The molecule has 0 aliphatic carbocycles. The SMILES string of the molecule is Cc1ccc2nc(C(C)Cl)n(-c3ccc(Cl)cc3)c2n1. The summed E-state index contributed by atoms with van der Waals surface area (Å²) in [4.78, 5) is 9.17. The van der Waals surface area contributed by atoms with Gasteiger partial charge in [0.1, 0.15) is 11.3 Å². The highest BCUT2D eigenvalue weighted by Crippen LogP contribution is 2.27. The highest BCUT2D eigenvalue weighted by Gasteiger charge is 2.17. The number of hydrogen-bond donors (Lipinski definition) is 0. The van der Waals surface area contributed by atoms with E-state index in [9.17, 15) is 0 Å². The Morgan fingerprint density at radius 1 is 1.05 bits per heavy atom. The zero-order chi connectivity index (χ0) is 14.3. The topological polar surface area (TPSA) is 30.7 Å². The van der Waals surface area contributed by atoms with Crippen LogP contribution in [-0.4, -0.2) is 14.5 Å². The van der Waals surface area contributed by atoms with Crippen LogP contribution in [0.5, 0.6) is 0 Å². The Bertz CT molecular complexity index is 761. The molecule has 0 spiro atoms. The van der Waals surface area contributed by atoms with Crippen LogP contribution >= 0.6 is 23.2 Å². The third-order valence-corrected chi connectivity index (χ3v) is 3.56. The largest absolute Gasteiger partial charge is 0.279 e. The third-order valence-electron chi connectivity index (χ3n) is 3.11. The molecule has 0 saturated heterocycles. The van der Waals surface area contributed by atoms with Crippen molar-refractivity contribution in [1.82, 2.24) is 14.5 Å². The molecule has 5 heteroatoms. The summed E-state index contributed by atoms with van der Waals surface area (Å²) in [5.74, 6) is 0.780. The number of fused-ring (bicyclic) bond motifs is 1. The number of imidazole rings is 1. The Kier molecular flexibility index (Phi) is 3.40. The van der Waals surface area contributed by atoms with E-state index in [1.807, 2.05) is 54.8 Å². The molecule has 0 bridgehead atoms. The minimum Gasteiger partial charge on any atom is -0.279 e. The molecule has 2 aromatic heterocycles. The molecule has 0 fully saturated rings. The lowest BCUT2D eigenvalue weighted by Crippen LogP contribution is -2.02. The van der Waals surface area contributed by atoms with Crippen molar-refractivity contribution < 1.29 is 0 Å². The molecule has 1 unspecified atom stereocenters. The summed E-state index contributed by atoms with van der Waals surface area (Å²) in [6.07, 6.45) is 0. The lowest BCUT2D eigenvalue weighted by molar-refractivity contribution is 0.876. The molecule has 1 aromatic carbocycles. The summed E-state index contributed by atoms with van der Waals surface area (Å²) < 4.78 is 1.98. The van der Waals surface area contributed by atoms with Crippen LogP contribution in [0.1, 0.15) is 23.8 Å². The molecule has 3 nitrogen and oxygen atoms in total. The van der Waals surface area contributed by atoms with Gasteiger partial charge < -0.3 is 0 Å². The van der Waals surface area contributed by atoms with Crippen molar-refractivity contribution in [1.29, 1.82) is 0 Å². The van der Waals surface area contributed by atoms with Gasteiger partial charge in [-0.05, 0) is 50.2 Å². The number of aromatic nitrogens is 3. The molecular weight excluding hydrogens is 293 g/mol. The van der Waals surface area contributed by atoms with E-state index in [1.165, 1.54) is 0 Å². The average Bonchev–Trinajstić information content (AvgIpc) is 2.78. The van der Waals surface area contributed by atoms with Crippen LogP contribution in [0, 0.1) is 6.92 Å². The summed E-state index contributed by atoms with van der Waals surface area (Å²) in [6, 6.07) is 11.5. The van der Waals surface area contributed by atoms with Gasteiger partial charge >= 0.3 is 0 Å². The maximum Gasteiger partial charge on any atom is 0.164 e. The highest BCUT2D eigenvalue weighted by atomic mass is 35.5. The minimum absolute atomic E-state index is 0.208. The van der Waals surface area contributed by atoms with Gasteiger partial charge in [-0.1, -0.05) is 11.6 Å². The Morgan fingerprint density at radius 2 is 1.75 bits per heavy atom. The summed E-state index contributed by atoms with van der Waals surface area (Å²) in [5.41, 5.74) is 3.56. The van der Waals surface area contributed by atoms with E-state index in [4.69, 9.17) is 23.2 Å². The van der Waals surface area contributed by atoms with E-state index in [2.05, 4.69) is 9.97 Å². The molecule has 3 rings (SSSR count). The van der Waals surface area contributed by atoms with E-state index >= 15 is 0 Å². The van der Waals surface area contributed by atoms with Crippen molar-refractivity contribution >= 4 is 34.4 Å². The molecule has 20 heavy (non-hydrogen) atoms. The number of hydrogen-bond acceptors (Lipinski definition) is 2. The van der Waals surface area contributed by atoms with E-state index in [-0.39, 0.29) is 5.38 Å². The first-order chi connectivity index (χ1) is 9.56. The van der Waals surface area contributed by atoms with E-state index < -0.39 is 0 Å². The highest BCUT2D eigenvalue weighted by molar-refractivity contribution is 6.30. The summed E-state index contributed by atoms with van der Waals surface area (Å²) in [5, 5.41) is 0.489. The lowest BCUT2D eigenvalue weighted by Gasteiger charge is -2.10. The van der Waals surface area contributed by atoms with E-state index in [0.29, 0.717) is 5.02 Å². The fourth-order valence-corrected chi connectivity index (χ4v) is 2.45. The van der Waals surface area contributed by atoms with Gasteiger partial charge in [-0.25, -0.2) is 9.97 Å². The molecule has 0 N–H and O–H groups in total. The van der Waals surface area contributed by atoms with E-state index in [0.717, 1.165) is 28.4 Å². The monoisotopic (exact) mass is 305 g/mol. The van der Waals surface area contributed by atoms with Crippen LogP contribution in [0.4, 0.5) is 0 Å². The molecule has 0 aliphatic heterocycles. The molecule has 0 saturated carbocycles. The summed E-state index contributed by atoms with van der Waals surface area (Å²) >= 11 is 12.2. The van der Waals surface area contributed by atoms with Gasteiger partial charge in [0.05, 0.1) is 5.38 Å². The second-order valence-corrected chi connectivity index (χ2v) is 5.78. The first kappa shape index (κ1) is 13.4. The molecule has 102 valence electrons. The first-order valence-electron chi connectivity index (χ1n) is 6.32. The molecule has 3 aromatic rings. The van der Waals surface area contributed by atoms with Gasteiger partial charge in [-0.15, -0.1) is 11.6 Å². The Morgan fingerprint density at radius 3 is 2.40 bits per heavy atom. The summed E-state index contributed by atoms with van der Waals surface area (Å²) in [7, 11) is 0. The predicted molar refractivity (Wildman–Crippen MR) is 82.9 cm³/mol. The lowest BCUT2D eigenvalue weighted by atomic mass is 10.3. The van der Waals surface area contributed by atoms with Crippen molar-refractivity contribution in [2.24, 2.45) is 0 Å². The zero-order valence-electron chi connectivity index (χ0n) is 11.1. The maximum absolute atomic E-state index is 6.26. The smallest absolute Gasteiger partial charge is 0.164 e. The van der Waals surface area contributed by atoms with Crippen LogP contribution in [0.2, 0.25) is 5.02 Å². The van der Waals surface area contributed by atoms with Crippen LogP contribution in [0.3, 0.4) is 0 Å². The molecule has 0 radical (unpaired) electrons. The number of pyridine rings is 1. The minimum atomic E-state index is -0.208. The Balaban J connectivity index is 2.33. The van der Waals surface area contributed by atoms with Crippen molar-refractivity contribution in [2.45, 2.75) is 19.2 Å². The predicted octanol–water partition coefficient (Wildman–Crippen LogP) is 4.68. The van der Waals surface area contributed by atoms with Crippen molar-refractivity contribution in [3.63, 3.8) is 0 Å².